The number of benzene rings is 1. The van der Waals surface area contributed by atoms with Gasteiger partial charge in [0.1, 0.15) is 11.6 Å². The Bertz CT molecular complexity index is 347. The fraction of sp³-hybridized carbons (Fsp3) is 0.417. The molecule has 1 rings (SSSR count). The predicted molar refractivity (Wildman–Crippen MR) is 56.8 cm³/mol. The normalized spacial score (nSPS) is 10.1. The van der Waals surface area contributed by atoms with E-state index in [4.69, 9.17) is 4.74 Å². The number of carbonyl (C=O) groups is 1. The standard InChI is InChI=1S/C12H15FO2/c1-3-4-7-10(14)12-9(13)6-5-8-11(12)15-2/h5-6,8H,3-4,7H2,1-2H3. The van der Waals surface area contributed by atoms with Crippen molar-refractivity contribution in [1.82, 2.24) is 0 Å². The number of halogens is 1. The Morgan fingerprint density at radius 1 is 1.47 bits per heavy atom. The Labute approximate surface area is 89.1 Å². The van der Waals surface area contributed by atoms with Crippen molar-refractivity contribution >= 4 is 5.78 Å². The molecule has 0 unspecified atom stereocenters. The monoisotopic (exact) mass is 210 g/mol. The molecule has 0 aliphatic carbocycles. The Morgan fingerprint density at radius 2 is 2.20 bits per heavy atom. The lowest BCUT2D eigenvalue weighted by Gasteiger charge is -2.07. The second-order valence-corrected chi connectivity index (χ2v) is 3.34. The molecule has 0 aromatic heterocycles. The van der Waals surface area contributed by atoms with Gasteiger partial charge in [0.2, 0.25) is 0 Å². The molecule has 0 atom stereocenters. The van der Waals surface area contributed by atoms with E-state index in [0.717, 1.165) is 12.8 Å². The SMILES string of the molecule is CCCCC(=O)c1c(F)cccc1OC. The first-order valence-corrected chi connectivity index (χ1v) is 5.06. The van der Waals surface area contributed by atoms with Gasteiger partial charge < -0.3 is 4.74 Å². The minimum Gasteiger partial charge on any atom is -0.496 e. The average molecular weight is 210 g/mol. The summed E-state index contributed by atoms with van der Waals surface area (Å²) in [7, 11) is 1.44. The summed E-state index contributed by atoms with van der Waals surface area (Å²) in [6.45, 7) is 1.99. The van der Waals surface area contributed by atoms with Crippen LogP contribution in [0.5, 0.6) is 5.75 Å². The van der Waals surface area contributed by atoms with E-state index < -0.39 is 5.82 Å². The van der Waals surface area contributed by atoms with Crippen LogP contribution in [-0.4, -0.2) is 12.9 Å². The van der Waals surface area contributed by atoms with Gasteiger partial charge in [0.15, 0.2) is 5.78 Å². The minimum absolute atomic E-state index is 0.0773. The summed E-state index contributed by atoms with van der Waals surface area (Å²) >= 11 is 0. The summed E-state index contributed by atoms with van der Waals surface area (Å²) in [6, 6.07) is 4.41. The Balaban J connectivity index is 2.95. The van der Waals surface area contributed by atoms with Crippen LogP contribution >= 0.6 is 0 Å². The highest BCUT2D eigenvalue weighted by molar-refractivity contribution is 5.98. The highest BCUT2D eigenvalue weighted by Gasteiger charge is 2.16. The molecule has 0 saturated heterocycles. The molecule has 2 nitrogen and oxygen atoms in total. The smallest absolute Gasteiger partial charge is 0.169 e. The van der Waals surface area contributed by atoms with Crippen LogP contribution in [0.1, 0.15) is 36.5 Å². The molecule has 0 amide bonds. The van der Waals surface area contributed by atoms with Crippen molar-refractivity contribution in [2.45, 2.75) is 26.2 Å². The van der Waals surface area contributed by atoms with E-state index in [9.17, 15) is 9.18 Å². The fourth-order valence-corrected chi connectivity index (χ4v) is 1.41. The largest absolute Gasteiger partial charge is 0.496 e. The van der Waals surface area contributed by atoms with Crippen molar-refractivity contribution in [3.05, 3.63) is 29.6 Å². The molecule has 0 N–H and O–H groups in total. The van der Waals surface area contributed by atoms with Gasteiger partial charge in [-0.1, -0.05) is 19.4 Å². The zero-order valence-corrected chi connectivity index (χ0v) is 9.05. The van der Waals surface area contributed by atoms with E-state index in [0.29, 0.717) is 12.2 Å². The molecule has 3 heteroatoms. The fourth-order valence-electron chi connectivity index (χ4n) is 1.41. The second-order valence-electron chi connectivity index (χ2n) is 3.34. The topological polar surface area (TPSA) is 26.3 Å². The molecule has 0 spiro atoms. The molecule has 0 heterocycles. The Kier molecular flexibility index (Phi) is 4.28. The summed E-state index contributed by atoms with van der Waals surface area (Å²) in [5.74, 6) is -0.377. The number of methoxy groups -OCH3 is 1. The van der Waals surface area contributed by atoms with E-state index in [1.807, 2.05) is 6.92 Å². The number of ketones is 1. The minimum atomic E-state index is -0.504. The van der Waals surface area contributed by atoms with Crippen LogP contribution in [0.2, 0.25) is 0 Å². The number of hydrogen-bond donors (Lipinski definition) is 0. The van der Waals surface area contributed by atoms with Crippen LogP contribution in [0.25, 0.3) is 0 Å². The molecular weight excluding hydrogens is 195 g/mol. The first-order chi connectivity index (χ1) is 7.20. The Morgan fingerprint density at radius 3 is 2.80 bits per heavy atom. The van der Waals surface area contributed by atoms with Crippen molar-refractivity contribution in [1.29, 1.82) is 0 Å². The third-order valence-electron chi connectivity index (χ3n) is 2.23. The molecule has 0 fully saturated rings. The van der Waals surface area contributed by atoms with Crippen LogP contribution in [-0.2, 0) is 0 Å². The lowest BCUT2D eigenvalue weighted by molar-refractivity contribution is 0.0972. The highest BCUT2D eigenvalue weighted by Crippen LogP contribution is 2.23. The van der Waals surface area contributed by atoms with Gasteiger partial charge in [0.05, 0.1) is 12.7 Å². The molecule has 0 radical (unpaired) electrons. The van der Waals surface area contributed by atoms with E-state index in [2.05, 4.69) is 0 Å². The number of Topliss-reactive ketones (excluding diaryl/α,β-unsaturated/α-hetero) is 1. The molecule has 1 aromatic carbocycles. The molecule has 0 saturated carbocycles. The van der Waals surface area contributed by atoms with Crippen molar-refractivity contribution in [3.63, 3.8) is 0 Å². The zero-order valence-electron chi connectivity index (χ0n) is 9.05. The molecule has 1 aromatic rings. The molecule has 82 valence electrons. The zero-order chi connectivity index (χ0) is 11.3. The Hall–Kier alpha value is -1.38. The first kappa shape index (κ1) is 11.7. The van der Waals surface area contributed by atoms with Crippen LogP contribution in [0.4, 0.5) is 4.39 Å². The summed E-state index contributed by atoms with van der Waals surface area (Å²) in [6.07, 6.45) is 2.06. The maximum atomic E-state index is 13.4. The van der Waals surface area contributed by atoms with Crippen LogP contribution in [0, 0.1) is 5.82 Å². The molecule has 0 bridgehead atoms. The number of hydrogen-bond acceptors (Lipinski definition) is 2. The summed E-state index contributed by atoms with van der Waals surface area (Å²) in [4.78, 5) is 11.7. The van der Waals surface area contributed by atoms with Gasteiger partial charge in [-0.15, -0.1) is 0 Å². The third-order valence-corrected chi connectivity index (χ3v) is 2.23. The average Bonchev–Trinajstić information content (AvgIpc) is 2.25. The van der Waals surface area contributed by atoms with Crippen molar-refractivity contribution in [2.24, 2.45) is 0 Å². The molecular formula is C12H15FO2. The number of ether oxygens (including phenoxy) is 1. The molecule has 0 aliphatic rings. The summed E-state index contributed by atoms with van der Waals surface area (Å²) in [5.41, 5.74) is 0.0773. The second kappa shape index (κ2) is 5.49. The molecule has 0 aliphatic heterocycles. The van der Waals surface area contributed by atoms with Gasteiger partial charge >= 0.3 is 0 Å². The number of unbranched alkanes of at least 4 members (excludes halogenated alkanes) is 1. The summed E-state index contributed by atoms with van der Waals surface area (Å²) < 4.78 is 18.4. The lowest BCUT2D eigenvalue weighted by Crippen LogP contribution is -2.05. The van der Waals surface area contributed by atoms with Gasteiger partial charge in [-0.25, -0.2) is 4.39 Å². The summed E-state index contributed by atoms with van der Waals surface area (Å²) in [5, 5.41) is 0. The molecule has 15 heavy (non-hydrogen) atoms. The van der Waals surface area contributed by atoms with E-state index in [-0.39, 0.29) is 11.3 Å². The number of rotatable bonds is 5. The maximum absolute atomic E-state index is 13.4. The predicted octanol–water partition coefficient (Wildman–Crippen LogP) is 3.21. The van der Waals surface area contributed by atoms with Crippen LogP contribution in [0.3, 0.4) is 0 Å². The third kappa shape index (κ3) is 2.78. The van der Waals surface area contributed by atoms with Gasteiger partial charge in [-0.05, 0) is 18.6 Å². The van der Waals surface area contributed by atoms with Gasteiger partial charge in [-0.3, -0.25) is 4.79 Å². The van der Waals surface area contributed by atoms with Gasteiger partial charge in [-0.2, -0.15) is 0 Å². The van der Waals surface area contributed by atoms with Crippen molar-refractivity contribution < 1.29 is 13.9 Å². The van der Waals surface area contributed by atoms with Crippen molar-refractivity contribution in [3.8, 4) is 5.75 Å². The first-order valence-electron chi connectivity index (χ1n) is 5.06. The van der Waals surface area contributed by atoms with Crippen molar-refractivity contribution in [2.75, 3.05) is 7.11 Å². The van der Waals surface area contributed by atoms with Crippen LogP contribution in [0.15, 0.2) is 18.2 Å². The van der Waals surface area contributed by atoms with E-state index in [1.54, 1.807) is 6.07 Å². The highest BCUT2D eigenvalue weighted by atomic mass is 19.1. The van der Waals surface area contributed by atoms with Gasteiger partial charge in [0.25, 0.3) is 0 Å². The van der Waals surface area contributed by atoms with Gasteiger partial charge in [0, 0.05) is 6.42 Å². The lowest BCUT2D eigenvalue weighted by atomic mass is 10.0. The number of carbonyl (C=O) groups excluding carboxylic acids is 1. The maximum Gasteiger partial charge on any atom is 0.169 e. The van der Waals surface area contributed by atoms with E-state index >= 15 is 0 Å². The quantitative estimate of drug-likeness (QED) is 0.697. The van der Waals surface area contributed by atoms with E-state index in [1.165, 1.54) is 19.2 Å². The van der Waals surface area contributed by atoms with Crippen LogP contribution < -0.4 is 4.74 Å².